The fourth-order valence-electron chi connectivity index (χ4n) is 6.65. The van der Waals surface area contributed by atoms with E-state index in [0.717, 1.165) is 34.9 Å². The highest BCUT2D eigenvalue weighted by atomic mass is 15.2. The van der Waals surface area contributed by atoms with Crippen LogP contribution in [0.25, 0.3) is 22.6 Å². The van der Waals surface area contributed by atoms with E-state index in [1.54, 1.807) is 0 Å². The lowest BCUT2D eigenvalue weighted by atomic mass is 9.77. The third kappa shape index (κ3) is 3.37. The van der Waals surface area contributed by atoms with E-state index in [4.69, 9.17) is 4.98 Å². The van der Waals surface area contributed by atoms with Crippen molar-refractivity contribution in [3.05, 3.63) is 36.5 Å². The number of nitrogens with zero attached hydrogens (tertiary/aromatic N) is 4. The summed E-state index contributed by atoms with van der Waals surface area (Å²) in [4.78, 5) is 7.80. The van der Waals surface area contributed by atoms with Crippen LogP contribution in [0.3, 0.4) is 0 Å². The lowest BCUT2D eigenvalue weighted by molar-refractivity contribution is 0.0719. The molecule has 0 amide bonds. The van der Waals surface area contributed by atoms with Gasteiger partial charge in [0.2, 0.25) is 0 Å². The summed E-state index contributed by atoms with van der Waals surface area (Å²) in [6.07, 6.45) is 14.6. The van der Waals surface area contributed by atoms with Crippen LogP contribution < -0.4 is 0 Å². The zero-order valence-corrected chi connectivity index (χ0v) is 17.8. The number of nitrogens with one attached hydrogen (secondary N) is 1. The second-order valence-corrected chi connectivity index (χ2v) is 9.90. The summed E-state index contributed by atoms with van der Waals surface area (Å²) in [6, 6.07) is 11.9. The van der Waals surface area contributed by atoms with E-state index in [1.165, 1.54) is 76.4 Å². The Morgan fingerprint density at radius 3 is 2.33 bits per heavy atom. The van der Waals surface area contributed by atoms with E-state index in [1.807, 2.05) is 12.3 Å². The predicted octanol–water partition coefficient (Wildman–Crippen LogP) is 5.42. The van der Waals surface area contributed by atoms with Gasteiger partial charge in [0.25, 0.3) is 0 Å². The second kappa shape index (κ2) is 7.84. The largest absolute Gasteiger partial charge is 0.319 e. The predicted molar refractivity (Wildman–Crippen MR) is 120 cm³/mol. The summed E-state index contributed by atoms with van der Waals surface area (Å²) in [7, 11) is 0. The maximum atomic E-state index is 4.96. The molecule has 30 heavy (non-hydrogen) atoms. The third-order valence-corrected chi connectivity index (χ3v) is 8.06. The third-order valence-electron chi connectivity index (χ3n) is 8.06. The van der Waals surface area contributed by atoms with Crippen molar-refractivity contribution in [3.8, 4) is 11.5 Å². The molecule has 1 aromatic carbocycles. The van der Waals surface area contributed by atoms with Crippen LogP contribution in [-0.4, -0.2) is 43.8 Å². The number of rotatable bonds is 3. The topological polar surface area (TPSA) is 49.7 Å². The highest BCUT2D eigenvalue weighted by Gasteiger charge is 2.35. The molecule has 1 N–H and O–H groups in total. The Bertz CT molecular complexity index is 968. The van der Waals surface area contributed by atoms with Gasteiger partial charge in [0.1, 0.15) is 5.69 Å². The van der Waals surface area contributed by atoms with Crippen LogP contribution in [0, 0.1) is 11.8 Å². The molecular weight excluding hydrogens is 370 g/mol. The summed E-state index contributed by atoms with van der Waals surface area (Å²) >= 11 is 0. The highest BCUT2D eigenvalue weighted by molar-refractivity contribution is 5.80. The minimum absolute atomic E-state index is 0.506. The lowest BCUT2D eigenvalue weighted by Crippen LogP contribution is -2.45. The van der Waals surface area contributed by atoms with Gasteiger partial charge in [0.15, 0.2) is 5.82 Å². The number of piperidine rings is 1. The first-order valence-electron chi connectivity index (χ1n) is 12.1. The van der Waals surface area contributed by atoms with Gasteiger partial charge in [0.05, 0.1) is 11.0 Å². The molecule has 2 saturated carbocycles. The molecule has 3 aromatic rings. The van der Waals surface area contributed by atoms with Gasteiger partial charge in [-0.1, -0.05) is 37.8 Å². The Labute approximate surface area is 178 Å². The molecule has 3 aliphatic rings. The van der Waals surface area contributed by atoms with Crippen LogP contribution in [0.2, 0.25) is 0 Å². The van der Waals surface area contributed by atoms with Gasteiger partial charge < -0.3 is 9.47 Å². The molecule has 158 valence electrons. The van der Waals surface area contributed by atoms with Gasteiger partial charge in [0, 0.05) is 31.4 Å². The molecule has 0 spiro atoms. The molecule has 5 heteroatoms. The first-order valence-corrected chi connectivity index (χ1v) is 12.1. The molecule has 2 bridgehead atoms. The molecule has 2 aliphatic carbocycles. The zero-order chi connectivity index (χ0) is 19.9. The molecule has 1 saturated heterocycles. The van der Waals surface area contributed by atoms with Crippen molar-refractivity contribution < 1.29 is 0 Å². The first-order chi connectivity index (χ1) is 14.8. The number of likely N-dealkylation sites (tertiary alicyclic amines) is 1. The standard InChI is InChI=1S/C25H33N5/c1-2-6-19-15-18(5-1)16-21(17-19)29-13-10-20(11-14-29)30-24-8-4-3-7-22(24)27-25(30)23-9-12-26-28-23/h3-4,7-9,12,18-21H,1-2,5-6,10-11,13-17H2,(H,26,28)/t18-,19+,21-. The van der Waals surface area contributed by atoms with E-state index < -0.39 is 0 Å². The first kappa shape index (κ1) is 18.6. The smallest absolute Gasteiger partial charge is 0.161 e. The molecule has 3 atom stereocenters. The van der Waals surface area contributed by atoms with Crippen molar-refractivity contribution in [2.75, 3.05) is 13.1 Å². The summed E-state index contributed by atoms with van der Waals surface area (Å²) < 4.78 is 2.48. The van der Waals surface area contributed by atoms with Crippen LogP contribution in [0.5, 0.6) is 0 Å². The zero-order valence-electron chi connectivity index (χ0n) is 17.8. The Hall–Kier alpha value is -2.14. The van der Waals surface area contributed by atoms with Crippen molar-refractivity contribution in [3.63, 3.8) is 0 Å². The van der Waals surface area contributed by atoms with Crippen molar-refractivity contribution in [2.24, 2.45) is 11.8 Å². The number of fused-ring (bicyclic) bond motifs is 3. The van der Waals surface area contributed by atoms with Gasteiger partial charge in [-0.25, -0.2) is 4.98 Å². The number of benzene rings is 1. The number of aromatic nitrogens is 4. The number of para-hydroxylation sites is 2. The molecule has 3 fully saturated rings. The monoisotopic (exact) mass is 403 g/mol. The quantitative estimate of drug-likeness (QED) is 0.635. The van der Waals surface area contributed by atoms with Crippen LogP contribution in [0.15, 0.2) is 36.5 Å². The highest BCUT2D eigenvalue weighted by Crippen LogP contribution is 2.41. The Morgan fingerprint density at radius 2 is 1.60 bits per heavy atom. The van der Waals surface area contributed by atoms with Crippen molar-refractivity contribution in [1.82, 2.24) is 24.6 Å². The molecule has 0 radical (unpaired) electrons. The second-order valence-electron chi connectivity index (χ2n) is 9.90. The van der Waals surface area contributed by atoms with Gasteiger partial charge in [-0.3, -0.25) is 5.10 Å². The summed E-state index contributed by atoms with van der Waals surface area (Å²) in [5, 5.41) is 7.41. The molecule has 5 nitrogen and oxygen atoms in total. The normalized spacial score (nSPS) is 28.6. The number of imidazole rings is 1. The van der Waals surface area contributed by atoms with Gasteiger partial charge in [-0.15, -0.1) is 0 Å². The van der Waals surface area contributed by atoms with Crippen LogP contribution >= 0.6 is 0 Å². The average Bonchev–Trinajstić information content (AvgIpc) is 3.41. The maximum Gasteiger partial charge on any atom is 0.161 e. The van der Waals surface area contributed by atoms with E-state index in [-0.39, 0.29) is 0 Å². The van der Waals surface area contributed by atoms with Crippen molar-refractivity contribution >= 4 is 11.0 Å². The fraction of sp³-hybridized carbons (Fsp3) is 0.600. The maximum absolute atomic E-state index is 4.96. The average molecular weight is 404 g/mol. The molecule has 1 aliphatic heterocycles. The molecule has 3 heterocycles. The number of hydrogen-bond acceptors (Lipinski definition) is 3. The fourth-order valence-corrected chi connectivity index (χ4v) is 6.65. The van der Waals surface area contributed by atoms with E-state index in [2.05, 4.69) is 43.9 Å². The van der Waals surface area contributed by atoms with E-state index >= 15 is 0 Å². The minimum atomic E-state index is 0.506. The Morgan fingerprint density at radius 1 is 0.833 bits per heavy atom. The van der Waals surface area contributed by atoms with Crippen LogP contribution in [-0.2, 0) is 0 Å². The SMILES string of the molecule is c1ccc2c(c1)nc(-c1cc[nH]n1)n2C1CCN([C@@H]2C[C@@H]3CCCC[C@@H](C3)C2)CC1. The Kier molecular flexibility index (Phi) is 4.87. The van der Waals surface area contributed by atoms with E-state index in [0.29, 0.717) is 6.04 Å². The summed E-state index contributed by atoms with van der Waals surface area (Å²) in [6.45, 7) is 2.45. The molecular formula is C25H33N5. The lowest BCUT2D eigenvalue weighted by Gasteiger charge is -2.43. The minimum Gasteiger partial charge on any atom is -0.319 e. The molecule has 2 aromatic heterocycles. The van der Waals surface area contributed by atoms with Gasteiger partial charge in [-0.05, 0) is 62.1 Å². The number of aromatic amines is 1. The summed E-state index contributed by atoms with van der Waals surface area (Å²) in [5.41, 5.74) is 3.27. The summed E-state index contributed by atoms with van der Waals surface area (Å²) in [5.74, 6) is 3.01. The number of hydrogen-bond donors (Lipinski definition) is 1. The number of H-pyrrole nitrogens is 1. The van der Waals surface area contributed by atoms with Crippen LogP contribution in [0.1, 0.15) is 63.8 Å². The van der Waals surface area contributed by atoms with Crippen LogP contribution in [0.4, 0.5) is 0 Å². The van der Waals surface area contributed by atoms with Gasteiger partial charge in [-0.2, -0.15) is 5.10 Å². The van der Waals surface area contributed by atoms with E-state index in [9.17, 15) is 0 Å². The van der Waals surface area contributed by atoms with Crippen molar-refractivity contribution in [2.45, 2.75) is 69.9 Å². The van der Waals surface area contributed by atoms with Crippen molar-refractivity contribution in [1.29, 1.82) is 0 Å². The Balaban J connectivity index is 1.23. The molecule has 6 rings (SSSR count). The van der Waals surface area contributed by atoms with Gasteiger partial charge >= 0.3 is 0 Å². The molecule has 0 unspecified atom stereocenters.